The van der Waals surface area contributed by atoms with Crippen LogP contribution in [0, 0.1) is 18.6 Å². The lowest BCUT2D eigenvalue weighted by Gasteiger charge is -2.18. The second-order valence-corrected chi connectivity index (χ2v) is 7.47. The van der Waals surface area contributed by atoms with Crippen LogP contribution in [-0.2, 0) is 17.9 Å². The molecule has 0 radical (unpaired) electrons. The minimum atomic E-state index is -0.00124. The minimum absolute atomic E-state index is 0.00124. The maximum atomic E-state index is 12.7. The molecular weight excluding hydrogens is 352 g/mol. The highest BCUT2D eigenvalue weighted by Crippen LogP contribution is 2.20. The van der Waals surface area contributed by atoms with E-state index < -0.39 is 0 Å². The molecule has 0 aliphatic rings. The molecule has 0 saturated carbocycles. The maximum absolute atomic E-state index is 12.7. The molecule has 0 atom stereocenters. The number of aromatic nitrogens is 3. The van der Waals surface area contributed by atoms with Gasteiger partial charge in [0.1, 0.15) is 6.54 Å². The molecular formula is C18H20N4OS2. The highest BCUT2D eigenvalue weighted by molar-refractivity contribution is 7.71. The third kappa shape index (κ3) is 3.88. The number of thiophene rings is 1. The first kappa shape index (κ1) is 17.6. The minimum Gasteiger partial charge on any atom is -0.339 e. The van der Waals surface area contributed by atoms with Crippen molar-refractivity contribution < 1.29 is 4.79 Å². The predicted molar refractivity (Wildman–Crippen MR) is 103 cm³/mol. The van der Waals surface area contributed by atoms with Crippen molar-refractivity contribution in [3.8, 4) is 11.4 Å². The summed E-state index contributed by atoms with van der Waals surface area (Å²) in [5.41, 5.74) is 3.32. The Balaban J connectivity index is 1.79. The van der Waals surface area contributed by atoms with Crippen LogP contribution in [0.1, 0.15) is 16.0 Å². The van der Waals surface area contributed by atoms with E-state index in [9.17, 15) is 4.79 Å². The highest BCUT2D eigenvalue weighted by atomic mass is 32.1. The summed E-state index contributed by atoms with van der Waals surface area (Å²) in [4.78, 5) is 15.6. The molecule has 2 heterocycles. The number of H-pyrrole nitrogens is 1. The number of hydrogen-bond donors (Lipinski definition) is 1. The van der Waals surface area contributed by atoms with E-state index >= 15 is 0 Å². The topological polar surface area (TPSA) is 53.9 Å². The van der Waals surface area contributed by atoms with Crippen LogP contribution in [0.5, 0.6) is 0 Å². The first-order chi connectivity index (χ1) is 12.0. The van der Waals surface area contributed by atoms with Gasteiger partial charge in [0.05, 0.1) is 6.54 Å². The van der Waals surface area contributed by atoms with E-state index in [0.717, 1.165) is 5.56 Å². The second-order valence-electron chi connectivity index (χ2n) is 6.08. The molecule has 0 saturated heterocycles. The number of aromatic amines is 1. The van der Waals surface area contributed by atoms with Gasteiger partial charge in [-0.15, -0.1) is 11.3 Å². The van der Waals surface area contributed by atoms with Crippen LogP contribution in [0.15, 0.2) is 35.7 Å². The number of aryl methyl sites for hydroxylation is 2. The Labute approximate surface area is 155 Å². The van der Waals surface area contributed by atoms with Crippen molar-refractivity contribution in [1.29, 1.82) is 0 Å². The fourth-order valence-corrected chi connectivity index (χ4v) is 3.67. The zero-order valence-electron chi connectivity index (χ0n) is 14.4. The van der Waals surface area contributed by atoms with Crippen LogP contribution in [0.2, 0.25) is 0 Å². The molecule has 0 unspecified atom stereocenters. The molecule has 0 aliphatic carbocycles. The van der Waals surface area contributed by atoms with Gasteiger partial charge in [-0.3, -0.25) is 14.5 Å². The van der Waals surface area contributed by atoms with E-state index in [1.165, 1.54) is 16.0 Å². The van der Waals surface area contributed by atoms with E-state index in [-0.39, 0.29) is 12.5 Å². The molecule has 0 bridgehead atoms. The standard InChI is InChI=1S/C18H20N4OS2/c1-12-4-6-14(7-5-12)17-19-20-18(24)22(17)11-16(23)21(3)10-15-13(2)8-9-25-15/h4-9H,10-11H2,1-3H3,(H,20,24). The second kappa shape index (κ2) is 7.33. The average molecular weight is 373 g/mol. The van der Waals surface area contributed by atoms with Crippen LogP contribution in [0.3, 0.4) is 0 Å². The van der Waals surface area contributed by atoms with Crippen LogP contribution in [-0.4, -0.2) is 32.6 Å². The van der Waals surface area contributed by atoms with E-state index in [1.807, 2.05) is 43.6 Å². The van der Waals surface area contributed by atoms with Gasteiger partial charge < -0.3 is 4.90 Å². The van der Waals surface area contributed by atoms with Gasteiger partial charge in [0.25, 0.3) is 0 Å². The molecule has 2 aromatic heterocycles. The van der Waals surface area contributed by atoms with E-state index in [2.05, 4.69) is 23.2 Å². The molecule has 130 valence electrons. The van der Waals surface area contributed by atoms with Gasteiger partial charge >= 0.3 is 0 Å². The Morgan fingerprint density at radius 1 is 1.28 bits per heavy atom. The van der Waals surface area contributed by atoms with Crippen molar-refractivity contribution in [1.82, 2.24) is 19.7 Å². The first-order valence-corrected chi connectivity index (χ1v) is 9.23. The van der Waals surface area contributed by atoms with Crippen molar-refractivity contribution in [2.75, 3.05) is 7.05 Å². The molecule has 1 aromatic carbocycles. The third-order valence-electron chi connectivity index (χ3n) is 4.14. The number of carbonyl (C=O) groups is 1. The van der Waals surface area contributed by atoms with Crippen molar-refractivity contribution in [3.63, 3.8) is 0 Å². The van der Waals surface area contributed by atoms with Crippen LogP contribution in [0.4, 0.5) is 0 Å². The van der Waals surface area contributed by atoms with Crippen molar-refractivity contribution in [2.24, 2.45) is 0 Å². The van der Waals surface area contributed by atoms with Crippen molar-refractivity contribution in [2.45, 2.75) is 26.9 Å². The molecule has 3 rings (SSSR count). The number of rotatable bonds is 5. The Hall–Kier alpha value is -2.25. The van der Waals surface area contributed by atoms with Crippen molar-refractivity contribution >= 4 is 29.5 Å². The smallest absolute Gasteiger partial charge is 0.242 e. The van der Waals surface area contributed by atoms with E-state index in [4.69, 9.17) is 12.2 Å². The summed E-state index contributed by atoms with van der Waals surface area (Å²) in [6.07, 6.45) is 0. The first-order valence-electron chi connectivity index (χ1n) is 7.95. The molecule has 0 spiro atoms. The fourth-order valence-electron chi connectivity index (χ4n) is 2.51. The average Bonchev–Trinajstić information content (AvgIpc) is 3.15. The van der Waals surface area contributed by atoms with Gasteiger partial charge in [0.2, 0.25) is 5.91 Å². The normalized spacial score (nSPS) is 10.8. The summed E-state index contributed by atoms with van der Waals surface area (Å²) in [6.45, 7) is 4.87. The van der Waals surface area contributed by atoms with Gasteiger partial charge in [0.15, 0.2) is 10.6 Å². The van der Waals surface area contributed by atoms with Gasteiger partial charge in [-0.2, -0.15) is 5.10 Å². The maximum Gasteiger partial charge on any atom is 0.242 e. The molecule has 0 fully saturated rings. The lowest BCUT2D eigenvalue weighted by Crippen LogP contribution is -2.30. The molecule has 3 aromatic rings. The van der Waals surface area contributed by atoms with Crippen LogP contribution >= 0.6 is 23.6 Å². The summed E-state index contributed by atoms with van der Waals surface area (Å²) in [6, 6.07) is 10.1. The molecule has 1 amide bonds. The molecule has 0 aliphatic heterocycles. The summed E-state index contributed by atoms with van der Waals surface area (Å²) in [5.74, 6) is 0.678. The monoisotopic (exact) mass is 372 g/mol. The van der Waals surface area contributed by atoms with Crippen LogP contribution in [0.25, 0.3) is 11.4 Å². The molecule has 25 heavy (non-hydrogen) atoms. The van der Waals surface area contributed by atoms with Gasteiger partial charge in [0, 0.05) is 17.5 Å². The lowest BCUT2D eigenvalue weighted by molar-refractivity contribution is -0.131. The summed E-state index contributed by atoms with van der Waals surface area (Å²) >= 11 is 6.98. The molecule has 7 heteroatoms. The zero-order valence-corrected chi connectivity index (χ0v) is 16.1. The Morgan fingerprint density at radius 2 is 2.00 bits per heavy atom. The Kier molecular flexibility index (Phi) is 5.15. The number of hydrogen-bond acceptors (Lipinski definition) is 4. The quantitative estimate of drug-likeness (QED) is 0.690. The Bertz CT molecular complexity index is 937. The largest absolute Gasteiger partial charge is 0.339 e. The Morgan fingerprint density at radius 3 is 2.64 bits per heavy atom. The van der Waals surface area contributed by atoms with Gasteiger partial charge in [-0.1, -0.05) is 29.8 Å². The van der Waals surface area contributed by atoms with Crippen molar-refractivity contribution in [3.05, 3.63) is 56.5 Å². The number of nitrogens with zero attached hydrogens (tertiary/aromatic N) is 3. The number of likely N-dealkylation sites (N-methyl/N-ethyl adjacent to an activating group) is 1. The zero-order chi connectivity index (χ0) is 18.0. The predicted octanol–water partition coefficient (Wildman–Crippen LogP) is 3.94. The number of carbonyl (C=O) groups excluding carboxylic acids is 1. The fraction of sp³-hybridized carbons (Fsp3) is 0.278. The SMILES string of the molecule is Cc1ccc(-c2n[nH]c(=S)n2CC(=O)N(C)Cc2sccc2C)cc1. The van der Waals surface area contributed by atoms with Crippen LogP contribution < -0.4 is 0 Å². The molecule has 1 N–H and O–H groups in total. The number of amides is 1. The molecule has 5 nitrogen and oxygen atoms in total. The van der Waals surface area contributed by atoms with E-state index in [1.54, 1.807) is 20.8 Å². The highest BCUT2D eigenvalue weighted by Gasteiger charge is 2.16. The number of nitrogens with one attached hydrogen (secondary N) is 1. The lowest BCUT2D eigenvalue weighted by atomic mass is 10.1. The van der Waals surface area contributed by atoms with Gasteiger partial charge in [-0.25, -0.2) is 0 Å². The third-order valence-corrected chi connectivity index (χ3v) is 5.46. The summed E-state index contributed by atoms with van der Waals surface area (Å²) in [7, 11) is 1.82. The van der Waals surface area contributed by atoms with E-state index in [0.29, 0.717) is 17.1 Å². The summed E-state index contributed by atoms with van der Waals surface area (Å²) in [5, 5.41) is 9.14. The van der Waals surface area contributed by atoms with Gasteiger partial charge in [-0.05, 0) is 43.1 Å². The number of benzene rings is 1. The summed E-state index contributed by atoms with van der Waals surface area (Å²) < 4.78 is 2.20.